The monoisotopic (exact) mass is 223 g/mol. The molecule has 0 heterocycles. The molecule has 2 atom stereocenters. The van der Waals surface area contributed by atoms with Crippen LogP contribution < -0.4 is 0 Å². The van der Waals surface area contributed by atoms with Gasteiger partial charge in [0.25, 0.3) is 0 Å². The van der Waals surface area contributed by atoms with Crippen molar-refractivity contribution in [2.24, 2.45) is 11.8 Å². The third kappa shape index (κ3) is 2.11. The zero-order valence-corrected chi connectivity index (χ0v) is 9.76. The van der Waals surface area contributed by atoms with Crippen LogP contribution in [0.15, 0.2) is 18.2 Å². The molecule has 0 aliphatic heterocycles. The van der Waals surface area contributed by atoms with E-state index in [1.807, 2.05) is 0 Å². The summed E-state index contributed by atoms with van der Waals surface area (Å²) in [6.45, 7) is 4.41. The van der Waals surface area contributed by atoms with E-state index < -0.39 is 11.6 Å². The zero-order chi connectivity index (χ0) is 11.7. The summed E-state index contributed by atoms with van der Waals surface area (Å²) in [4.78, 5) is 0. The third-order valence-electron chi connectivity index (χ3n) is 3.80. The lowest BCUT2D eigenvalue weighted by atomic mass is 9.71. The summed E-state index contributed by atoms with van der Waals surface area (Å²) in [6.07, 6.45) is 3.39. The number of hydrogen-bond donors (Lipinski definition) is 0. The van der Waals surface area contributed by atoms with Crippen molar-refractivity contribution in [1.82, 2.24) is 0 Å². The highest BCUT2D eigenvalue weighted by Gasteiger charge is 2.29. The van der Waals surface area contributed by atoms with Crippen LogP contribution in [0.1, 0.15) is 38.7 Å². The Kier molecular flexibility index (Phi) is 3.27. The molecule has 0 aromatic heterocycles. The summed E-state index contributed by atoms with van der Waals surface area (Å²) < 4.78 is 26.0. The zero-order valence-electron chi connectivity index (χ0n) is 9.76. The van der Waals surface area contributed by atoms with E-state index >= 15 is 0 Å². The smallest absolute Gasteiger partial charge is 0.159 e. The third-order valence-corrected chi connectivity index (χ3v) is 3.80. The predicted molar refractivity (Wildman–Crippen MR) is 60.9 cm³/mol. The molecule has 16 heavy (non-hydrogen) atoms. The Labute approximate surface area is 95.7 Å². The molecular formula is C14H17F2. The van der Waals surface area contributed by atoms with Crippen LogP contribution in [-0.2, 0) is 0 Å². The molecule has 0 amide bonds. The maximum Gasteiger partial charge on any atom is 0.159 e. The lowest BCUT2D eigenvalue weighted by Gasteiger charge is -2.33. The first-order valence-electron chi connectivity index (χ1n) is 5.90. The molecule has 87 valence electrons. The van der Waals surface area contributed by atoms with Crippen molar-refractivity contribution in [2.75, 3.05) is 0 Å². The second-order valence-electron chi connectivity index (χ2n) is 4.81. The Bertz CT molecular complexity index is 373. The highest BCUT2D eigenvalue weighted by Crippen LogP contribution is 2.40. The molecule has 1 aliphatic carbocycles. The SMILES string of the molecule is CC1CCC[C](c2ccc(F)c(F)c2)C1C. The first kappa shape index (κ1) is 11.6. The van der Waals surface area contributed by atoms with Gasteiger partial charge in [0, 0.05) is 5.92 Å². The van der Waals surface area contributed by atoms with E-state index in [0.717, 1.165) is 18.4 Å². The fraction of sp³-hybridized carbons (Fsp3) is 0.500. The highest BCUT2D eigenvalue weighted by molar-refractivity contribution is 5.33. The summed E-state index contributed by atoms with van der Waals surface area (Å²) >= 11 is 0. The van der Waals surface area contributed by atoms with Crippen LogP contribution >= 0.6 is 0 Å². The minimum absolute atomic E-state index is 0.471. The maximum atomic E-state index is 13.2. The van der Waals surface area contributed by atoms with Crippen molar-refractivity contribution in [3.05, 3.63) is 41.3 Å². The molecular weight excluding hydrogens is 206 g/mol. The van der Waals surface area contributed by atoms with Crippen LogP contribution in [0.5, 0.6) is 0 Å². The fourth-order valence-electron chi connectivity index (χ4n) is 2.54. The molecule has 0 nitrogen and oxygen atoms in total. The van der Waals surface area contributed by atoms with Crippen LogP contribution in [-0.4, -0.2) is 0 Å². The molecule has 1 aliphatic rings. The van der Waals surface area contributed by atoms with Gasteiger partial charge in [-0.2, -0.15) is 0 Å². The van der Waals surface area contributed by atoms with Crippen LogP contribution in [0.3, 0.4) is 0 Å². The van der Waals surface area contributed by atoms with E-state index in [1.54, 1.807) is 6.07 Å². The van der Waals surface area contributed by atoms with Gasteiger partial charge < -0.3 is 0 Å². The van der Waals surface area contributed by atoms with Crippen LogP contribution in [0.4, 0.5) is 8.78 Å². The Morgan fingerprint density at radius 1 is 1.12 bits per heavy atom. The quantitative estimate of drug-likeness (QED) is 0.664. The Balaban J connectivity index is 2.25. The molecule has 0 bridgehead atoms. The van der Waals surface area contributed by atoms with Gasteiger partial charge in [0.1, 0.15) is 0 Å². The molecule has 1 aromatic carbocycles. The fourth-order valence-corrected chi connectivity index (χ4v) is 2.54. The van der Waals surface area contributed by atoms with Crippen molar-refractivity contribution >= 4 is 0 Å². The predicted octanol–water partition coefficient (Wildman–Crippen LogP) is 4.34. The highest BCUT2D eigenvalue weighted by atomic mass is 19.2. The molecule has 1 radical (unpaired) electrons. The van der Waals surface area contributed by atoms with Crippen molar-refractivity contribution in [1.29, 1.82) is 0 Å². The summed E-state index contributed by atoms with van der Waals surface area (Å²) in [5.41, 5.74) is 0.873. The van der Waals surface area contributed by atoms with Crippen molar-refractivity contribution in [3.8, 4) is 0 Å². The van der Waals surface area contributed by atoms with Crippen molar-refractivity contribution in [3.63, 3.8) is 0 Å². The average Bonchev–Trinajstić information content (AvgIpc) is 2.26. The summed E-state index contributed by atoms with van der Waals surface area (Å²) in [5.74, 6) is 0.879. The van der Waals surface area contributed by atoms with Crippen molar-refractivity contribution < 1.29 is 8.78 Å². The Morgan fingerprint density at radius 3 is 2.56 bits per heavy atom. The topological polar surface area (TPSA) is 0 Å². The van der Waals surface area contributed by atoms with Gasteiger partial charge in [-0.1, -0.05) is 32.8 Å². The van der Waals surface area contributed by atoms with Gasteiger partial charge in [-0.3, -0.25) is 0 Å². The Morgan fingerprint density at radius 2 is 1.88 bits per heavy atom. The van der Waals surface area contributed by atoms with E-state index in [1.165, 1.54) is 24.5 Å². The maximum absolute atomic E-state index is 13.2. The van der Waals surface area contributed by atoms with Gasteiger partial charge in [0.15, 0.2) is 11.6 Å². The van der Waals surface area contributed by atoms with E-state index in [-0.39, 0.29) is 0 Å². The van der Waals surface area contributed by atoms with Crippen LogP contribution in [0.2, 0.25) is 0 Å². The number of benzene rings is 1. The Hall–Kier alpha value is -0.920. The molecule has 1 aromatic rings. The van der Waals surface area contributed by atoms with Gasteiger partial charge in [-0.05, 0) is 36.0 Å². The number of rotatable bonds is 1. The minimum Gasteiger partial charge on any atom is -0.204 e. The lowest BCUT2D eigenvalue weighted by molar-refractivity contribution is 0.315. The molecule has 2 heteroatoms. The summed E-state index contributed by atoms with van der Waals surface area (Å²) in [7, 11) is 0. The van der Waals surface area contributed by atoms with Gasteiger partial charge in [0.05, 0.1) is 0 Å². The van der Waals surface area contributed by atoms with Crippen LogP contribution in [0, 0.1) is 29.4 Å². The van der Waals surface area contributed by atoms with Crippen LogP contribution in [0.25, 0.3) is 0 Å². The van der Waals surface area contributed by atoms with Gasteiger partial charge in [0.2, 0.25) is 0 Å². The number of halogens is 2. The minimum atomic E-state index is -0.763. The normalized spacial score (nSPS) is 27.0. The molecule has 1 fully saturated rings. The molecule has 0 spiro atoms. The summed E-state index contributed by atoms with van der Waals surface area (Å²) in [6, 6.07) is 4.26. The molecule has 2 unspecified atom stereocenters. The molecule has 0 N–H and O–H groups in total. The van der Waals surface area contributed by atoms with E-state index in [0.29, 0.717) is 11.8 Å². The average molecular weight is 223 g/mol. The first-order valence-corrected chi connectivity index (χ1v) is 5.90. The summed E-state index contributed by atoms with van der Waals surface area (Å²) in [5, 5.41) is 0. The second kappa shape index (κ2) is 4.52. The van der Waals surface area contributed by atoms with Gasteiger partial charge >= 0.3 is 0 Å². The molecule has 2 rings (SSSR count). The standard InChI is InChI=1S/C14H17F2/c1-9-4-3-5-12(10(9)2)11-6-7-13(15)14(16)8-11/h6-10H,3-5H2,1-2H3. The number of hydrogen-bond acceptors (Lipinski definition) is 0. The first-order chi connectivity index (χ1) is 7.59. The van der Waals surface area contributed by atoms with Gasteiger partial charge in [-0.15, -0.1) is 0 Å². The van der Waals surface area contributed by atoms with E-state index in [2.05, 4.69) is 13.8 Å². The lowest BCUT2D eigenvalue weighted by Crippen LogP contribution is -2.23. The molecule has 0 saturated heterocycles. The van der Waals surface area contributed by atoms with E-state index in [9.17, 15) is 8.78 Å². The molecule has 1 saturated carbocycles. The van der Waals surface area contributed by atoms with Gasteiger partial charge in [-0.25, -0.2) is 8.78 Å². The largest absolute Gasteiger partial charge is 0.204 e. The van der Waals surface area contributed by atoms with E-state index in [4.69, 9.17) is 0 Å². The second-order valence-corrected chi connectivity index (χ2v) is 4.81. The van der Waals surface area contributed by atoms with Crippen molar-refractivity contribution in [2.45, 2.75) is 33.1 Å².